The topological polar surface area (TPSA) is 87.1 Å². The largest absolute Gasteiger partial charge is 0.393 e. The molecule has 2 aromatic rings. The van der Waals surface area contributed by atoms with Crippen molar-refractivity contribution in [1.29, 1.82) is 0 Å². The lowest BCUT2D eigenvalue weighted by molar-refractivity contribution is -0.115. The Hall–Kier alpha value is -2.47. The molecular weight excluding hydrogens is 304 g/mol. The molecule has 24 heavy (non-hydrogen) atoms. The number of hydrogen-bond acceptors (Lipinski definition) is 5. The number of hydrogen-bond donors (Lipinski definition) is 3. The van der Waals surface area contributed by atoms with Gasteiger partial charge >= 0.3 is 0 Å². The lowest BCUT2D eigenvalue weighted by Crippen LogP contribution is -2.27. The minimum atomic E-state index is -0.205. The summed E-state index contributed by atoms with van der Waals surface area (Å²) in [5.74, 6) is 1.70. The van der Waals surface area contributed by atoms with E-state index in [1.165, 1.54) is 0 Å². The number of para-hydroxylation sites is 1. The minimum absolute atomic E-state index is 0.0400. The number of aromatic nitrogens is 2. The summed E-state index contributed by atoms with van der Waals surface area (Å²) in [6.07, 6.45) is 1.67. The molecule has 1 saturated carbocycles. The zero-order valence-electron chi connectivity index (χ0n) is 13.7. The van der Waals surface area contributed by atoms with E-state index in [4.69, 9.17) is 0 Å². The van der Waals surface area contributed by atoms with Gasteiger partial charge in [0.2, 0.25) is 5.91 Å². The molecule has 1 heterocycles. The fourth-order valence-corrected chi connectivity index (χ4v) is 2.77. The van der Waals surface area contributed by atoms with Crippen LogP contribution in [0.1, 0.15) is 36.7 Å². The van der Waals surface area contributed by atoms with Crippen molar-refractivity contribution in [3.05, 3.63) is 47.9 Å². The Morgan fingerprint density at radius 3 is 2.71 bits per heavy atom. The van der Waals surface area contributed by atoms with E-state index in [1.807, 2.05) is 43.3 Å². The molecule has 0 radical (unpaired) electrons. The van der Waals surface area contributed by atoms with Crippen LogP contribution in [-0.2, 0) is 4.79 Å². The predicted molar refractivity (Wildman–Crippen MR) is 92.9 cm³/mol. The van der Waals surface area contributed by atoms with E-state index < -0.39 is 0 Å². The van der Waals surface area contributed by atoms with Crippen LogP contribution in [0.5, 0.6) is 0 Å². The van der Waals surface area contributed by atoms with Crippen LogP contribution in [0.2, 0.25) is 0 Å². The number of nitrogens with one attached hydrogen (secondary N) is 2. The van der Waals surface area contributed by atoms with Crippen molar-refractivity contribution in [3.8, 4) is 0 Å². The van der Waals surface area contributed by atoms with E-state index in [1.54, 1.807) is 0 Å². The molecule has 3 N–H and O–H groups in total. The van der Waals surface area contributed by atoms with E-state index in [0.717, 1.165) is 30.0 Å². The van der Waals surface area contributed by atoms with Gasteiger partial charge < -0.3 is 15.7 Å². The van der Waals surface area contributed by atoms with Gasteiger partial charge in [-0.3, -0.25) is 4.79 Å². The Labute approximate surface area is 141 Å². The number of carbonyl (C=O) groups is 1. The fraction of sp³-hybridized carbons (Fsp3) is 0.389. The van der Waals surface area contributed by atoms with E-state index >= 15 is 0 Å². The third-order valence-electron chi connectivity index (χ3n) is 4.10. The molecule has 1 aliphatic rings. The first-order valence-corrected chi connectivity index (χ1v) is 8.22. The smallest absolute Gasteiger partial charge is 0.226 e. The highest BCUT2D eigenvalue weighted by atomic mass is 16.3. The third kappa shape index (κ3) is 4.29. The van der Waals surface area contributed by atoms with Gasteiger partial charge in [-0.25, -0.2) is 9.97 Å². The van der Waals surface area contributed by atoms with E-state index in [9.17, 15) is 9.90 Å². The number of amides is 1. The van der Waals surface area contributed by atoms with E-state index in [0.29, 0.717) is 24.7 Å². The molecule has 0 unspecified atom stereocenters. The second-order valence-corrected chi connectivity index (χ2v) is 6.14. The maximum Gasteiger partial charge on any atom is 0.226 e. The molecule has 3 rings (SSSR count). The number of benzene rings is 1. The zero-order valence-corrected chi connectivity index (χ0v) is 13.7. The van der Waals surface area contributed by atoms with Gasteiger partial charge in [0.15, 0.2) is 0 Å². The summed E-state index contributed by atoms with van der Waals surface area (Å²) in [4.78, 5) is 20.7. The van der Waals surface area contributed by atoms with Gasteiger partial charge in [0.05, 0.1) is 6.10 Å². The average Bonchev–Trinajstić information content (AvgIpc) is 2.52. The van der Waals surface area contributed by atoms with Crippen molar-refractivity contribution in [2.75, 3.05) is 17.2 Å². The first-order chi connectivity index (χ1) is 11.6. The molecule has 0 atom stereocenters. The van der Waals surface area contributed by atoms with Gasteiger partial charge in [0, 0.05) is 36.3 Å². The first kappa shape index (κ1) is 16.4. The van der Waals surface area contributed by atoms with Gasteiger partial charge in [-0.05, 0) is 31.9 Å². The monoisotopic (exact) mass is 326 g/mol. The minimum Gasteiger partial charge on any atom is -0.393 e. The van der Waals surface area contributed by atoms with Crippen molar-refractivity contribution < 1.29 is 9.90 Å². The first-order valence-electron chi connectivity index (χ1n) is 8.22. The number of anilines is 2. The molecule has 1 fully saturated rings. The fourth-order valence-electron chi connectivity index (χ4n) is 2.77. The van der Waals surface area contributed by atoms with Crippen LogP contribution in [0.4, 0.5) is 11.5 Å². The van der Waals surface area contributed by atoms with Gasteiger partial charge in [0.25, 0.3) is 0 Å². The summed E-state index contributed by atoms with van der Waals surface area (Å²) in [6, 6.07) is 11.3. The van der Waals surface area contributed by atoms with E-state index in [-0.39, 0.29) is 12.0 Å². The summed E-state index contributed by atoms with van der Waals surface area (Å²) in [7, 11) is 0. The lowest BCUT2D eigenvalue weighted by Gasteiger charge is -2.31. The Morgan fingerprint density at radius 1 is 1.25 bits per heavy atom. The Bertz CT molecular complexity index is 699. The molecule has 6 heteroatoms. The van der Waals surface area contributed by atoms with Crippen LogP contribution < -0.4 is 10.6 Å². The van der Waals surface area contributed by atoms with Gasteiger partial charge in [0.1, 0.15) is 11.6 Å². The summed E-state index contributed by atoms with van der Waals surface area (Å²) in [6.45, 7) is 2.35. The Kier molecular flexibility index (Phi) is 5.05. The number of aryl methyl sites for hydroxylation is 1. The van der Waals surface area contributed by atoms with Gasteiger partial charge in [-0.1, -0.05) is 18.2 Å². The standard InChI is InChI=1S/C18H22N4O2/c1-12-20-16(13-9-15(23)10-13)11-17(21-12)19-8-7-18(24)22-14-5-3-2-4-6-14/h2-6,11,13,15,23H,7-10H2,1H3,(H,22,24)(H,19,20,21). The van der Waals surface area contributed by atoms with Crippen LogP contribution in [0.15, 0.2) is 36.4 Å². The molecule has 6 nitrogen and oxygen atoms in total. The number of rotatable bonds is 6. The SMILES string of the molecule is Cc1nc(NCCC(=O)Nc2ccccc2)cc(C2CC(O)C2)n1. The molecule has 1 aromatic carbocycles. The van der Waals surface area contributed by atoms with Crippen LogP contribution in [0, 0.1) is 6.92 Å². The molecule has 1 aromatic heterocycles. The molecule has 0 saturated heterocycles. The molecule has 0 spiro atoms. The van der Waals surface area contributed by atoms with Crippen molar-refractivity contribution in [2.45, 2.75) is 38.2 Å². The van der Waals surface area contributed by atoms with Crippen molar-refractivity contribution in [3.63, 3.8) is 0 Å². The third-order valence-corrected chi connectivity index (χ3v) is 4.10. The summed E-state index contributed by atoms with van der Waals surface area (Å²) >= 11 is 0. The van der Waals surface area contributed by atoms with Crippen molar-refractivity contribution >= 4 is 17.4 Å². The molecule has 126 valence electrons. The lowest BCUT2D eigenvalue weighted by atomic mass is 9.80. The molecular formula is C18H22N4O2. The number of carbonyl (C=O) groups excluding carboxylic acids is 1. The normalized spacial score (nSPS) is 19.4. The average molecular weight is 326 g/mol. The maximum absolute atomic E-state index is 11.9. The molecule has 0 bridgehead atoms. The van der Waals surface area contributed by atoms with E-state index in [2.05, 4.69) is 20.6 Å². The quantitative estimate of drug-likeness (QED) is 0.759. The maximum atomic E-state index is 11.9. The Morgan fingerprint density at radius 2 is 2.00 bits per heavy atom. The number of aliphatic hydroxyl groups is 1. The summed E-state index contributed by atoms with van der Waals surface area (Å²) in [5, 5.41) is 15.5. The molecule has 1 aliphatic carbocycles. The highest BCUT2D eigenvalue weighted by molar-refractivity contribution is 5.90. The van der Waals surface area contributed by atoms with Crippen LogP contribution >= 0.6 is 0 Å². The zero-order chi connectivity index (χ0) is 16.9. The van der Waals surface area contributed by atoms with Crippen LogP contribution in [0.25, 0.3) is 0 Å². The summed E-state index contributed by atoms with van der Waals surface area (Å²) in [5.41, 5.74) is 1.76. The second kappa shape index (κ2) is 7.40. The molecule has 0 aliphatic heterocycles. The predicted octanol–water partition coefficient (Wildman–Crippen LogP) is 2.46. The van der Waals surface area contributed by atoms with Crippen molar-refractivity contribution in [1.82, 2.24) is 9.97 Å². The highest BCUT2D eigenvalue weighted by Crippen LogP contribution is 2.36. The van der Waals surface area contributed by atoms with Gasteiger partial charge in [-0.15, -0.1) is 0 Å². The van der Waals surface area contributed by atoms with Crippen molar-refractivity contribution in [2.24, 2.45) is 0 Å². The van der Waals surface area contributed by atoms with Crippen LogP contribution in [0.3, 0.4) is 0 Å². The van der Waals surface area contributed by atoms with Gasteiger partial charge in [-0.2, -0.15) is 0 Å². The van der Waals surface area contributed by atoms with Crippen LogP contribution in [-0.4, -0.2) is 33.6 Å². The highest BCUT2D eigenvalue weighted by Gasteiger charge is 2.30. The molecule has 1 amide bonds. The Balaban J connectivity index is 1.50. The second-order valence-electron chi connectivity index (χ2n) is 6.14. The summed E-state index contributed by atoms with van der Waals surface area (Å²) < 4.78 is 0. The number of aliphatic hydroxyl groups excluding tert-OH is 1. The number of nitrogens with zero attached hydrogens (tertiary/aromatic N) is 2.